The van der Waals surface area contributed by atoms with Gasteiger partial charge in [-0.3, -0.25) is 4.79 Å². The number of fused-ring (bicyclic) bond motifs is 2. The van der Waals surface area contributed by atoms with E-state index in [0.29, 0.717) is 17.7 Å². The van der Waals surface area contributed by atoms with Gasteiger partial charge in [0.15, 0.2) is 5.03 Å². The van der Waals surface area contributed by atoms with Crippen molar-refractivity contribution in [2.45, 2.75) is 83.7 Å². The number of pyridine rings is 2. The molecule has 4 atom stereocenters. The van der Waals surface area contributed by atoms with Crippen LogP contribution in [-0.2, 0) is 10.0 Å². The highest BCUT2D eigenvalue weighted by Gasteiger charge is 2.61. The lowest BCUT2D eigenvalue weighted by molar-refractivity contribution is 0.0980. The fourth-order valence-electron chi connectivity index (χ4n) is 7.52. The zero-order chi connectivity index (χ0) is 27.0. The average molecular weight is 526 g/mol. The van der Waals surface area contributed by atoms with Crippen LogP contribution in [0.1, 0.15) is 89.1 Å². The Bertz CT molecular complexity index is 1360. The molecule has 0 radical (unpaired) electrons. The van der Waals surface area contributed by atoms with Crippen molar-refractivity contribution in [3.63, 3.8) is 0 Å². The monoisotopic (exact) mass is 525 g/mol. The van der Waals surface area contributed by atoms with E-state index >= 15 is 0 Å². The number of hydrogen-bond acceptors (Lipinski definition) is 7. The van der Waals surface area contributed by atoms with Crippen molar-refractivity contribution in [2.24, 2.45) is 22.7 Å². The van der Waals surface area contributed by atoms with E-state index < -0.39 is 15.9 Å². The van der Waals surface area contributed by atoms with Gasteiger partial charge in [0.05, 0.1) is 5.56 Å². The Balaban J connectivity index is 1.57. The maximum absolute atomic E-state index is 13.7. The van der Waals surface area contributed by atoms with E-state index in [1.807, 2.05) is 12.3 Å². The SMILES string of the molecule is CC1CN(c2ncc(C3CC4CCC3(C)C4(C)C)cc2C(=O)NS(=O)(=O)c2cccc(N)n2)C(C)(C)C1. The van der Waals surface area contributed by atoms with Crippen molar-refractivity contribution in [1.82, 2.24) is 14.7 Å². The lowest BCUT2D eigenvalue weighted by Crippen LogP contribution is -2.41. The van der Waals surface area contributed by atoms with Crippen molar-refractivity contribution in [2.75, 3.05) is 17.2 Å². The molecule has 3 aliphatic rings. The second-order valence-electron chi connectivity index (χ2n) is 12.9. The number of amides is 1. The van der Waals surface area contributed by atoms with Gasteiger partial charge in [0.25, 0.3) is 15.9 Å². The maximum atomic E-state index is 13.7. The van der Waals surface area contributed by atoms with Gasteiger partial charge in [-0.05, 0) is 91.9 Å². The lowest BCUT2D eigenvalue weighted by Gasteiger charge is -2.40. The number of nitrogens with zero attached hydrogens (tertiary/aromatic N) is 3. The third-order valence-electron chi connectivity index (χ3n) is 9.90. The largest absolute Gasteiger partial charge is 0.384 e. The number of anilines is 2. The smallest absolute Gasteiger partial charge is 0.281 e. The van der Waals surface area contributed by atoms with Gasteiger partial charge in [-0.1, -0.05) is 33.8 Å². The highest BCUT2D eigenvalue weighted by Crippen LogP contribution is 2.70. The molecule has 1 amide bonds. The zero-order valence-corrected chi connectivity index (χ0v) is 23.5. The molecule has 1 saturated heterocycles. The minimum atomic E-state index is -4.22. The quantitative estimate of drug-likeness (QED) is 0.579. The number of nitrogens with one attached hydrogen (secondary N) is 1. The summed E-state index contributed by atoms with van der Waals surface area (Å²) in [5.74, 6) is 1.23. The summed E-state index contributed by atoms with van der Waals surface area (Å²) in [6.07, 6.45) is 6.31. The van der Waals surface area contributed by atoms with E-state index in [9.17, 15) is 13.2 Å². The van der Waals surface area contributed by atoms with E-state index in [1.54, 1.807) is 0 Å². The number of nitrogens with two attached hydrogens (primary N) is 1. The van der Waals surface area contributed by atoms with E-state index in [0.717, 1.165) is 31.4 Å². The molecular weight excluding hydrogens is 486 g/mol. The van der Waals surface area contributed by atoms with Gasteiger partial charge >= 0.3 is 0 Å². The van der Waals surface area contributed by atoms with E-state index in [2.05, 4.69) is 56.1 Å². The number of rotatable bonds is 5. The molecule has 3 heterocycles. The van der Waals surface area contributed by atoms with Crippen LogP contribution >= 0.6 is 0 Å². The fourth-order valence-corrected chi connectivity index (χ4v) is 8.47. The van der Waals surface area contributed by atoms with E-state index in [1.165, 1.54) is 24.6 Å². The van der Waals surface area contributed by atoms with Gasteiger partial charge < -0.3 is 10.6 Å². The minimum Gasteiger partial charge on any atom is -0.384 e. The summed E-state index contributed by atoms with van der Waals surface area (Å²) in [7, 11) is -4.22. The molecule has 1 aliphatic heterocycles. The first kappa shape index (κ1) is 25.9. The van der Waals surface area contributed by atoms with Crippen molar-refractivity contribution < 1.29 is 13.2 Å². The molecule has 2 aliphatic carbocycles. The summed E-state index contributed by atoms with van der Waals surface area (Å²) in [6.45, 7) is 14.3. The molecular formula is C28H39N5O3S. The molecule has 8 nitrogen and oxygen atoms in total. The van der Waals surface area contributed by atoms with Gasteiger partial charge in [-0.2, -0.15) is 8.42 Å². The number of aromatic nitrogens is 2. The summed E-state index contributed by atoms with van der Waals surface area (Å²) < 4.78 is 28.4. The topological polar surface area (TPSA) is 118 Å². The van der Waals surface area contributed by atoms with Crippen LogP contribution in [0, 0.1) is 22.7 Å². The zero-order valence-electron chi connectivity index (χ0n) is 22.7. The number of carbonyl (C=O) groups excluding carboxylic acids is 1. The van der Waals surface area contributed by atoms with Crippen LogP contribution in [0.5, 0.6) is 0 Å². The van der Waals surface area contributed by atoms with Crippen molar-refractivity contribution in [3.05, 3.63) is 41.6 Å². The van der Waals surface area contributed by atoms with Gasteiger partial charge in [0.2, 0.25) is 0 Å². The van der Waals surface area contributed by atoms with Crippen molar-refractivity contribution in [1.29, 1.82) is 0 Å². The van der Waals surface area contributed by atoms with Crippen molar-refractivity contribution >= 4 is 27.6 Å². The van der Waals surface area contributed by atoms with E-state index in [4.69, 9.17) is 10.7 Å². The van der Waals surface area contributed by atoms with Crippen LogP contribution in [0.15, 0.2) is 35.5 Å². The molecule has 5 rings (SSSR count). The Morgan fingerprint density at radius 3 is 2.49 bits per heavy atom. The van der Waals surface area contributed by atoms with Crippen molar-refractivity contribution in [3.8, 4) is 0 Å². The molecule has 2 bridgehead atoms. The predicted octanol–water partition coefficient (Wildman–Crippen LogP) is 4.73. The first-order valence-corrected chi connectivity index (χ1v) is 14.7. The van der Waals surface area contributed by atoms with Gasteiger partial charge in [-0.15, -0.1) is 0 Å². The third-order valence-corrected chi connectivity index (χ3v) is 11.1. The molecule has 200 valence electrons. The minimum absolute atomic E-state index is 0.0691. The molecule has 9 heteroatoms. The molecule has 2 saturated carbocycles. The Labute approximate surface area is 220 Å². The first-order valence-electron chi connectivity index (χ1n) is 13.2. The average Bonchev–Trinajstić information content (AvgIpc) is 3.29. The second-order valence-corrected chi connectivity index (χ2v) is 14.5. The predicted molar refractivity (Wildman–Crippen MR) is 145 cm³/mol. The number of sulfonamides is 1. The second kappa shape index (κ2) is 8.41. The Kier molecular flexibility index (Phi) is 5.90. The highest BCUT2D eigenvalue weighted by molar-refractivity contribution is 7.90. The first-order chi connectivity index (χ1) is 17.2. The Morgan fingerprint density at radius 1 is 1.19 bits per heavy atom. The van der Waals surface area contributed by atoms with Gasteiger partial charge in [0, 0.05) is 18.3 Å². The summed E-state index contributed by atoms with van der Waals surface area (Å²) in [5, 5.41) is -0.288. The number of nitrogen functional groups attached to an aromatic ring is 1. The Hall–Kier alpha value is -2.68. The van der Waals surface area contributed by atoms with Gasteiger partial charge in [0.1, 0.15) is 11.6 Å². The standard InChI is InChI=1S/C28H39N5O3S/c1-17-14-26(2,3)33(16-17)24-20(25(34)32-37(35,36)23-9-7-8-22(29)31-23)12-18(15-30-24)21-13-19-10-11-28(21,6)27(19,4)5/h7-9,12,15,17,19,21H,10-11,13-14,16H2,1-6H3,(H2,29,31)(H,32,34). The fraction of sp³-hybridized carbons (Fsp3) is 0.607. The molecule has 0 spiro atoms. The van der Waals surface area contributed by atoms with Crippen LogP contribution in [0.2, 0.25) is 0 Å². The van der Waals surface area contributed by atoms with Crippen LogP contribution < -0.4 is 15.4 Å². The molecule has 2 aromatic heterocycles. The summed E-state index contributed by atoms with van der Waals surface area (Å²) in [5.41, 5.74) is 7.09. The van der Waals surface area contributed by atoms with Crippen LogP contribution in [0.3, 0.4) is 0 Å². The molecule has 4 unspecified atom stereocenters. The molecule has 3 N–H and O–H groups in total. The molecule has 3 fully saturated rings. The van der Waals surface area contributed by atoms with Gasteiger partial charge in [-0.25, -0.2) is 14.7 Å². The summed E-state index contributed by atoms with van der Waals surface area (Å²) in [4.78, 5) is 24.6. The Morgan fingerprint density at radius 2 is 1.92 bits per heavy atom. The molecule has 0 aromatic carbocycles. The highest BCUT2D eigenvalue weighted by atomic mass is 32.2. The number of carbonyl (C=O) groups is 1. The molecule has 37 heavy (non-hydrogen) atoms. The maximum Gasteiger partial charge on any atom is 0.281 e. The van der Waals surface area contributed by atoms with E-state index in [-0.39, 0.29) is 38.7 Å². The van der Waals surface area contributed by atoms with Crippen LogP contribution in [0.25, 0.3) is 0 Å². The summed E-state index contributed by atoms with van der Waals surface area (Å²) in [6, 6.07) is 6.22. The van der Waals surface area contributed by atoms with Crippen LogP contribution in [-0.4, -0.2) is 36.4 Å². The number of hydrogen-bond donors (Lipinski definition) is 2. The summed E-state index contributed by atoms with van der Waals surface area (Å²) >= 11 is 0. The molecule has 2 aromatic rings. The third kappa shape index (κ3) is 4.10. The lowest BCUT2D eigenvalue weighted by atomic mass is 9.65. The van der Waals surface area contributed by atoms with Crippen LogP contribution in [0.4, 0.5) is 11.6 Å². The normalized spacial score (nSPS) is 30.0.